The molecule has 6 heteroatoms. The minimum atomic E-state index is -1.43. The predicted molar refractivity (Wildman–Crippen MR) is 75.5 cm³/mol. The first kappa shape index (κ1) is 15.0. The van der Waals surface area contributed by atoms with Gasteiger partial charge in [-0.05, 0) is 31.5 Å². The van der Waals surface area contributed by atoms with Crippen LogP contribution < -0.4 is 5.32 Å². The molecule has 2 aromatic rings. The van der Waals surface area contributed by atoms with Crippen LogP contribution in [0.1, 0.15) is 27.3 Å². The molecule has 0 unspecified atom stereocenters. The maximum Gasteiger partial charge on any atom is 0.338 e. The van der Waals surface area contributed by atoms with E-state index in [0.29, 0.717) is 12.6 Å². The second-order valence-corrected chi connectivity index (χ2v) is 4.93. The van der Waals surface area contributed by atoms with Crippen LogP contribution in [0.15, 0.2) is 18.2 Å². The lowest BCUT2D eigenvalue weighted by Gasteiger charge is -2.09. The topological polar surface area (TPSA) is 54.3 Å². The number of nitrogens with zero attached hydrogens (tertiary/aromatic N) is 1. The summed E-state index contributed by atoms with van der Waals surface area (Å²) in [5, 5.41) is 11.7. The van der Waals surface area contributed by atoms with Crippen molar-refractivity contribution in [1.29, 1.82) is 0 Å². The van der Waals surface area contributed by atoms with Crippen molar-refractivity contribution in [2.75, 3.05) is 5.32 Å². The summed E-state index contributed by atoms with van der Waals surface area (Å²) in [7, 11) is 1.93. The lowest BCUT2D eigenvalue weighted by atomic mass is 10.1. The first-order chi connectivity index (χ1) is 9.81. The molecule has 0 saturated carbocycles. The lowest BCUT2D eigenvalue weighted by molar-refractivity contribution is 0.0692. The van der Waals surface area contributed by atoms with Crippen molar-refractivity contribution >= 4 is 11.7 Å². The summed E-state index contributed by atoms with van der Waals surface area (Å²) < 4.78 is 29.0. The van der Waals surface area contributed by atoms with Crippen LogP contribution in [0.2, 0.25) is 0 Å². The van der Waals surface area contributed by atoms with Crippen molar-refractivity contribution < 1.29 is 18.7 Å². The molecule has 0 aliphatic heterocycles. The van der Waals surface area contributed by atoms with Crippen LogP contribution in [-0.2, 0) is 13.6 Å². The summed E-state index contributed by atoms with van der Waals surface area (Å²) in [6, 6.07) is 3.51. The molecule has 0 atom stereocenters. The van der Waals surface area contributed by atoms with Gasteiger partial charge in [0.25, 0.3) is 0 Å². The number of carbonyl (C=O) groups is 1. The zero-order valence-electron chi connectivity index (χ0n) is 12.0. The van der Waals surface area contributed by atoms with Crippen LogP contribution in [-0.4, -0.2) is 15.6 Å². The van der Waals surface area contributed by atoms with Gasteiger partial charge in [-0.25, -0.2) is 13.6 Å². The molecular weight excluding hydrogens is 278 g/mol. The average Bonchev–Trinajstić information content (AvgIpc) is 2.65. The van der Waals surface area contributed by atoms with Gasteiger partial charge in [0.1, 0.15) is 11.6 Å². The Labute approximate surface area is 121 Å². The number of hydrogen-bond donors (Lipinski definition) is 2. The van der Waals surface area contributed by atoms with E-state index in [1.807, 2.05) is 31.5 Å². The maximum atomic E-state index is 13.7. The Morgan fingerprint density at radius 3 is 2.43 bits per heavy atom. The van der Waals surface area contributed by atoms with Gasteiger partial charge in [0.05, 0.1) is 11.3 Å². The highest BCUT2D eigenvalue weighted by atomic mass is 19.1. The van der Waals surface area contributed by atoms with Gasteiger partial charge in [-0.3, -0.25) is 0 Å². The van der Waals surface area contributed by atoms with E-state index in [-0.39, 0.29) is 5.69 Å². The number of aryl methyl sites for hydroxylation is 1. The number of halogens is 2. The van der Waals surface area contributed by atoms with Gasteiger partial charge in [-0.1, -0.05) is 0 Å². The standard InChI is InChI=1S/C15H16F2N2O2/c1-8-4-10(9(2)19(8)3)7-18-14-5-11(15(20)21)12(16)6-13(14)17/h4-6,18H,7H2,1-3H3,(H,20,21). The SMILES string of the molecule is Cc1cc(CNc2cc(C(=O)O)c(F)cc2F)c(C)n1C. The van der Waals surface area contributed by atoms with Crippen molar-refractivity contribution in [2.45, 2.75) is 20.4 Å². The van der Waals surface area contributed by atoms with Crippen molar-refractivity contribution in [3.63, 3.8) is 0 Å². The summed E-state index contributed by atoms with van der Waals surface area (Å²) in [6.07, 6.45) is 0. The quantitative estimate of drug-likeness (QED) is 0.910. The van der Waals surface area contributed by atoms with Crippen molar-refractivity contribution in [3.8, 4) is 0 Å². The molecule has 0 aliphatic rings. The number of hydrogen-bond acceptors (Lipinski definition) is 2. The van der Waals surface area contributed by atoms with E-state index in [2.05, 4.69) is 5.32 Å². The second-order valence-electron chi connectivity index (χ2n) is 4.93. The summed E-state index contributed by atoms with van der Waals surface area (Å²) in [5.74, 6) is -3.33. The molecule has 2 N–H and O–H groups in total. The number of nitrogens with one attached hydrogen (secondary N) is 1. The molecule has 0 radical (unpaired) electrons. The van der Waals surface area contributed by atoms with E-state index in [1.54, 1.807) is 0 Å². The molecule has 0 bridgehead atoms. The van der Waals surface area contributed by atoms with Crippen LogP contribution in [0.4, 0.5) is 14.5 Å². The summed E-state index contributed by atoms with van der Waals surface area (Å²) in [4.78, 5) is 10.9. The molecule has 0 saturated heterocycles. The third kappa shape index (κ3) is 2.89. The number of aromatic nitrogens is 1. The Balaban J connectivity index is 2.25. The molecule has 0 amide bonds. The molecule has 1 heterocycles. The Bertz CT molecular complexity index is 708. The maximum absolute atomic E-state index is 13.7. The molecular formula is C15H16F2N2O2. The van der Waals surface area contributed by atoms with Crippen molar-refractivity contribution in [3.05, 3.63) is 52.3 Å². The minimum absolute atomic E-state index is 0.0327. The third-order valence-electron chi connectivity index (χ3n) is 3.64. The molecule has 1 aromatic heterocycles. The van der Waals surface area contributed by atoms with Gasteiger partial charge in [-0.15, -0.1) is 0 Å². The smallest absolute Gasteiger partial charge is 0.338 e. The Morgan fingerprint density at radius 1 is 1.24 bits per heavy atom. The van der Waals surface area contributed by atoms with Gasteiger partial charge in [0.15, 0.2) is 0 Å². The lowest BCUT2D eigenvalue weighted by Crippen LogP contribution is -2.07. The number of benzene rings is 1. The molecule has 4 nitrogen and oxygen atoms in total. The van der Waals surface area contributed by atoms with Gasteiger partial charge in [0, 0.05) is 31.0 Å². The third-order valence-corrected chi connectivity index (χ3v) is 3.64. The van der Waals surface area contributed by atoms with Gasteiger partial charge in [-0.2, -0.15) is 0 Å². The second kappa shape index (κ2) is 5.55. The molecule has 112 valence electrons. The van der Waals surface area contributed by atoms with Crippen LogP contribution in [0.3, 0.4) is 0 Å². The number of aromatic carboxylic acids is 1. The van der Waals surface area contributed by atoms with E-state index in [1.165, 1.54) is 0 Å². The fourth-order valence-corrected chi connectivity index (χ4v) is 2.15. The Morgan fingerprint density at radius 2 is 1.90 bits per heavy atom. The van der Waals surface area contributed by atoms with Gasteiger partial charge in [0.2, 0.25) is 0 Å². The highest BCUT2D eigenvalue weighted by Gasteiger charge is 2.15. The Kier molecular flexibility index (Phi) is 3.97. The number of rotatable bonds is 4. The fourth-order valence-electron chi connectivity index (χ4n) is 2.15. The highest BCUT2D eigenvalue weighted by Crippen LogP contribution is 2.21. The van der Waals surface area contributed by atoms with E-state index >= 15 is 0 Å². The number of carboxylic acid groups (broad SMARTS) is 1. The minimum Gasteiger partial charge on any atom is -0.478 e. The monoisotopic (exact) mass is 294 g/mol. The zero-order chi connectivity index (χ0) is 15.7. The van der Waals surface area contributed by atoms with Gasteiger partial charge < -0.3 is 15.0 Å². The molecule has 0 spiro atoms. The Hall–Kier alpha value is -2.37. The molecule has 0 fully saturated rings. The number of anilines is 1. The van der Waals surface area contributed by atoms with E-state index in [9.17, 15) is 13.6 Å². The van der Waals surface area contributed by atoms with Crippen LogP contribution >= 0.6 is 0 Å². The number of carboxylic acids is 1. The molecule has 0 aliphatic carbocycles. The van der Waals surface area contributed by atoms with Crippen LogP contribution in [0.5, 0.6) is 0 Å². The summed E-state index contributed by atoms with van der Waals surface area (Å²) in [6.45, 7) is 4.22. The molecule has 2 rings (SSSR count). The highest BCUT2D eigenvalue weighted by molar-refractivity contribution is 5.89. The van der Waals surface area contributed by atoms with E-state index in [0.717, 1.165) is 23.0 Å². The summed E-state index contributed by atoms with van der Waals surface area (Å²) in [5.41, 5.74) is 2.47. The van der Waals surface area contributed by atoms with Gasteiger partial charge >= 0.3 is 5.97 Å². The first-order valence-electron chi connectivity index (χ1n) is 6.39. The normalized spacial score (nSPS) is 10.7. The van der Waals surface area contributed by atoms with Crippen molar-refractivity contribution in [1.82, 2.24) is 4.57 Å². The first-order valence-corrected chi connectivity index (χ1v) is 6.39. The van der Waals surface area contributed by atoms with Crippen LogP contribution in [0, 0.1) is 25.5 Å². The fraction of sp³-hybridized carbons (Fsp3) is 0.267. The zero-order valence-corrected chi connectivity index (χ0v) is 12.0. The van der Waals surface area contributed by atoms with E-state index < -0.39 is 23.2 Å². The summed E-state index contributed by atoms with van der Waals surface area (Å²) >= 11 is 0. The molecule has 1 aromatic carbocycles. The average molecular weight is 294 g/mol. The van der Waals surface area contributed by atoms with Crippen molar-refractivity contribution in [2.24, 2.45) is 7.05 Å². The van der Waals surface area contributed by atoms with Crippen LogP contribution in [0.25, 0.3) is 0 Å². The van der Waals surface area contributed by atoms with E-state index in [4.69, 9.17) is 5.11 Å². The largest absolute Gasteiger partial charge is 0.478 e. The predicted octanol–water partition coefficient (Wildman–Crippen LogP) is 3.23. The molecule has 21 heavy (non-hydrogen) atoms.